The van der Waals surface area contributed by atoms with Crippen molar-refractivity contribution in [1.82, 2.24) is 0 Å². The average molecular weight is 205 g/mol. The minimum atomic E-state index is -0.00119. The molecule has 1 aromatic carbocycles. The molecule has 0 aliphatic heterocycles. The second kappa shape index (κ2) is 6.38. The van der Waals surface area contributed by atoms with Crippen molar-refractivity contribution >= 4 is 0 Å². The summed E-state index contributed by atoms with van der Waals surface area (Å²) in [6.07, 6.45) is 2.02. The van der Waals surface area contributed by atoms with Crippen molar-refractivity contribution in [3.63, 3.8) is 0 Å². The largest absolute Gasteiger partial charge is 0.375 e. The second-order valence-electron chi connectivity index (χ2n) is 3.91. The fourth-order valence-electron chi connectivity index (χ4n) is 1.36. The zero-order valence-electron chi connectivity index (χ0n) is 9.44. The normalized spacial score (nSPS) is 12.2. The molecule has 1 aromatic rings. The number of ether oxygens (including phenoxy) is 1. The van der Waals surface area contributed by atoms with E-state index < -0.39 is 0 Å². The topological polar surface area (TPSA) is 35.2 Å². The number of rotatable bonds is 5. The maximum atomic E-state index is 5.84. The predicted molar refractivity (Wildman–Crippen MR) is 63.5 cm³/mol. The van der Waals surface area contributed by atoms with Gasteiger partial charge in [0.1, 0.15) is 0 Å². The zero-order valence-corrected chi connectivity index (χ0v) is 9.44. The SMILES string of the molecule is CC(C)=CC(N)COCc1ccccc1. The third-order valence-electron chi connectivity index (χ3n) is 1.97. The van der Waals surface area contributed by atoms with Gasteiger partial charge in [0.2, 0.25) is 0 Å². The van der Waals surface area contributed by atoms with Gasteiger partial charge in [-0.25, -0.2) is 0 Å². The molecule has 0 aromatic heterocycles. The molecule has 15 heavy (non-hydrogen) atoms. The van der Waals surface area contributed by atoms with Gasteiger partial charge in [0, 0.05) is 6.04 Å². The van der Waals surface area contributed by atoms with Crippen LogP contribution in [0.5, 0.6) is 0 Å². The van der Waals surface area contributed by atoms with Crippen LogP contribution in [0.3, 0.4) is 0 Å². The Balaban J connectivity index is 2.25. The van der Waals surface area contributed by atoms with Crippen molar-refractivity contribution < 1.29 is 4.74 Å². The molecule has 1 unspecified atom stereocenters. The molecule has 0 amide bonds. The van der Waals surface area contributed by atoms with Gasteiger partial charge in [-0.1, -0.05) is 42.0 Å². The van der Waals surface area contributed by atoms with E-state index in [-0.39, 0.29) is 6.04 Å². The average Bonchev–Trinajstić information content (AvgIpc) is 2.18. The molecular weight excluding hydrogens is 186 g/mol. The summed E-state index contributed by atoms with van der Waals surface area (Å²) in [4.78, 5) is 0. The first kappa shape index (κ1) is 12.0. The van der Waals surface area contributed by atoms with E-state index in [0.717, 1.165) is 0 Å². The Labute approximate surface area is 91.7 Å². The van der Waals surface area contributed by atoms with Crippen molar-refractivity contribution in [3.05, 3.63) is 47.5 Å². The molecule has 2 nitrogen and oxygen atoms in total. The quantitative estimate of drug-likeness (QED) is 0.750. The van der Waals surface area contributed by atoms with E-state index in [4.69, 9.17) is 10.5 Å². The molecule has 82 valence electrons. The van der Waals surface area contributed by atoms with Crippen LogP contribution in [0.1, 0.15) is 19.4 Å². The first-order valence-corrected chi connectivity index (χ1v) is 5.21. The van der Waals surface area contributed by atoms with E-state index in [9.17, 15) is 0 Å². The van der Waals surface area contributed by atoms with Crippen molar-refractivity contribution in [2.24, 2.45) is 5.73 Å². The third kappa shape index (κ3) is 5.35. The smallest absolute Gasteiger partial charge is 0.0717 e. The van der Waals surface area contributed by atoms with E-state index in [1.165, 1.54) is 11.1 Å². The van der Waals surface area contributed by atoms with Gasteiger partial charge < -0.3 is 10.5 Å². The monoisotopic (exact) mass is 205 g/mol. The van der Waals surface area contributed by atoms with Gasteiger partial charge in [-0.2, -0.15) is 0 Å². The summed E-state index contributed by atoms with van der Waals surface area (Å²) < 4.78 is 5.51. The minimum absolute atomic E-state index is 0.00119. The van der Waals surface area contributed by atoms with Crippen molar-refractivity contribution in [2.45, 2.75) is 26.5 Å². The molecule has 0 radical (unpaired) electrons. The van der Waals surface area contributed by atoms with Crippen LogP contribution in [-0.4, -0.2) is 12.6 Å². The highest BCUT2D eigenvalue weighted by atomic mass is 16.5. The summed E-state index contributed by atoms with van der Waals surface area (Å²) >= 11 is 0. The van der Waals surface area contributed by atoms with Gasteiger partial charge in [-0.15, -0.1) is 0 Å². The Morgan fingerprint density at radius 3 is 2.60 bits per heavy atom. The maximum Gasteiger partial charge on any atom is 0.0717 e. The highest BCUT2D eigenvalue weighted by Gasteiger charge is 1.98. The molecule has 1 rings (SSSR count). The lowest BCUT2D eigenvalue weighted by Gasteiger charge is -2.08. The van der Waals surface area contributed by atoms with E-state index in [1.807, 2.05) is 50.3 Å². The standard InChI is InChI=1S/C13H19NO/c1-11(2)8-13(14)10-15-9-12-6-4-3-5-7-12/h3-8,13H,9-10,14H2,1-2H3. The fraction of sp³-hybridized carbons (Fsp3) is 0.385. The van der Waals surface area contributed by atoms with Crippen LogP contribution in [0.4, 0.5) is 0 Å². The van der Waals surface area contributed by atoms with Crippen molar-refractivity contribution in [3.8, 4) is 0 Å². The highest BCUT2D eigenvalue weighted by Crippen LogP contribution is 2.01. The summed E-state index contributed by atoms with van der Waals surface area (Å²) in [7, 11) is 0. The van der Waals surface area contributed by atoms with Gasteiger partial charge >= 0.3 is 0 Å². The van der Waals surface area contributed by atoms with Crippen LogP contribution >= 0.6 is 0 Å². The molecule has 0 heterocycles. The molecule has 0 fully saturated rings. The van der Waals surface area contributed by atoms with E-state index in [0.29, 0.717) is 13.2 Å². The Hall–Kier alpha value is -1.12. The van der Waals surface area contributed by atoms with Crippen molar-refractivity contribution in [2.75, 3.05) is 6.61 Å². The lowest BCUT2D eigenvalue weighted by atomic mass is 10.2. The molecule has 0 spiro atoms. The van der Waals surface area contributed by atoms with Gasteiger partial charge in [0.25, 0.3) is 0 Å². The number of hydrogen-bond donors (Lipinski definition) is 1. The molecule has 1 atom stereocenters. The molecule has 0 bridgehead atoms. The first-order valence-electron chi connectivity index (χ1n) is 5.21. The van der Waals surface area contributed by atoms with E-state index in [2.05, 4.69) is 0 Å². The number of benzene rings is 1. The molecule has 0 aliphatic rings. The zero-order chi connectivity index (χ0) is 11.1. The molecule has 2 N–H and O–H groups in total. The molecule has 0 aliphatic carbocycles. The van der Waals surface area contributed by atoms with Crippen LogP contribution in [0.15, 0.2) is 42.0 Å². The number of hydrogen-bond acceptors (Lipinski definition) is 2. The van der Waals surface area contributed by atoms with Crippen LogP contribution < -0.4 is 5.73 Å². The molecular formula is C13H19NO. The summed E-state index contributed by atoms with van der Waals surface area (Å²) in [5.74, 6) is 0. The summed E-state index contributed by atoms with van der Waals surface area (Å²) in [6, 6.07) is 10.1. The Bertz CT molecular complexity index is 302. The summed E-state index contributed by atoms with van der Waals surface area (Å²) in [5.41, 5.74) is 8.25. The lowest BCUT2D eigenvalue weighted by molar-refractivity contribution is 0.116. The van der Waals surface area contributed by atoms with Crippen LogP contribution in [0.25, 0.3) is 0 Å². The van der Waals surface area contributed by atoms with Gasteiger partial charge in [-0.3, -0.25) is 0 Å². The molecule has 0 saturated heterocycles. The van der Waals surface area contributed by atoms with Crippen LogP contribution in [0, 0.1) is 0 Å². The second-order valence-corrected chi connectivity index (χ2v) is 3.91. The Kier molecular flexibility index (Phi) is 5.08. The van der Waals surface area contributed by atoms with Crippen molar-refractivity contribution in [1.29, 1.82) is 0 Å². The minimum Gasteiger partial charge on any atom is -0.375 e. The van der Waals surface area contributed by atoms with Gasteiger partial charge in [0.05, 0.1) is 13.2 Å². The lowest BCUT2D eigenvalue weighted by Crippen LogP contribution is -2.23. The van der Waals surface area contributed by atoms with E-state index in [1.54, 1.807) is 0 Å². The highest BCUT2D eigenvalue weighted by molar-refractivity contribution is 5.13. The Morgan fingerprint density at radius 1 is 1.33 bits per heavy atom. The predicted octanol–water partition coefficient (Wildman–Crippen LogP) is 2.50. The fourth-order valence-corrected chi connectivity index (χ4v) is 1.36. The number of nitrogens with two attached hydrogens (primary N) is 1. The van der Waals surface area contributed by atoms with E-state index >= 15 is 0 Å². The van der Waals surface area contributed by atoms with Crippen LogP contribution in [-0.2, 0) is 11.3 Å². The number of allylic oxidation sites excluding steroid dienone is 1. The van der Waals surface area contributed by atoms with Crippen LogP contribution in [0.2, 0.25) is 0 Å². The first-order chi connectivity index (χ1) is 7.18. The maximum absolute atomic E-state index is 5.84. The molecule has 0 saturated carbocycles. The summed E-state index contributed by atoms with van der Waals surface area (Å²) in [5, 5.41) is 0. The molecule has 2 heteroatoms. The summed E-state index contributed by atoms with van der Waals surface area (Å²) in [6.45, 7) is 5.28. The van der Waals surface area contributed by atoms with Gasteiger partial charge in [-0.05, 0) is 19.4 Å². The third-order valence-corrected chi connectivity index (χ3v) is 1.97. The van der Waals surface area contributed by atoms with Gasteiger partial charge in [0.15, 0.2) is 0 Å². The Morgan fingerprint density at radius 2 is 2.00 bits per heavy atom.